The van der Waals surface area contributed by atoms with Crippen molar-refractivity contribution in [2.45, 2.75) is 19.5 Å². The third kappa shape index (κ3) is 4.74. The predicted molar refractivity (Wildman–Crippen MR) is 112 cm³/mol. The molecule has 0 amide bonds. The van der Waals surface area contributed by atoms with E-state index in [1.165, 1.54) is 0 Å². The van der Waals surface area contributed by atoms with E-state index in [2.05, 4.69) is 20.5 Å². The number of aromatic nitrogens is 3. The third-order valence-corrected chi connectivity index (χ3v) is 4.13. The van der Waals surface area contributed by atoms with E-state index < -0.39 is 0 Å². The highest BCUT2D eigenvalue weighted by Crippen LogP contribution is 2.25. The lowest BCUT2D eigenvalue weighted by Gasteiger charge is -2.16. The van der Waals surface area contributed by atoms with E-state index in [9.17, 15) is 0 Å². The molecule has 0 bridgehead atoms. The molecule has 0 aliphatic heterocycles. The van der Waals surface area contributed by atoms with E-state index in [0.29, 0.717) is 28.4 Å². The lowest BCUT2D eigenvalue weighted by Crippen LogP contribution is -2.34. The smallest absolute Gasteiger partial charge is 0.189 e. The molecular formula is C16H17Cl2IN6. The molecular weight excluding hydrogens is 474 g/mol. The summed E-state index contributed by atoms with van der Waals surface area (Å²) in [5.41, 5.74) is 7.63. The highest BCUT2D eigenvalue weighted by molar-refractivity contribution is 14.0. The van der Waals surface area contributed by atoms with E-state index >= 15 is 0 Å². The number of halogens is 3. The summed E-state index contributed by atoms with van der Waals surface area (Å²) in [7, 11) is 0. The highest BCUT2D eigenvalue weighted by Gasteiger charge is 2.11. The molecule has 0 spiro atoms. The van der Waals surface area contributed by atoms with Gasteiger partial charge in [-0.3, -0.25) is 4.40 Å². The number of nitrogens with one attached hydrogen (secondary N) is 1. The Labute approximate surface area is 172 Å². The van der Waals surface area contributed by atoms with Crippen molar-refractivity contribution in [2.24, 2.45) is 10.7 Å². The first-order valence-corrected chi connectivity index (χ1v) is 8.10. The van der Waals surface area contributed by atoms with Gasteiger partial charge in [0.1, 0.15) is 6.54 Å². The Morgan fingerprint density at radius 2 is 2.08 bits per heavy atom. The summed E-state index contributed by atoms with van der Waals surface area (Å²) < 4.78 is 1.87. The zero-order chi connectivity index (χ0) is 17.1. The van der Waals surface area contributed by atoms with Crippen molar-refractivity contribution in [1.29, 1.82) is 0 Å². The van der Waals surface area contributed by atoms with Gasteiger partial charge in [0.25, 0.3) is 0 Å². The number of fused-ring (bicyclic) bond motifs is 1. The van der Waals surface area contributed by atoms with Gasteiger partial charge in [-0.15, -0.1) is 34.2 Å². The molecule has 2 heterocycles. The second kappa shape index (κ2) is 8.68. The topological polar surface area (TPSA) is 80.6 Å². The van der Waals surface area contributed by atoms with Gasteiger partial charge in [-0.2, -0.15) is 0 Å². The number of nitrogens with zero attached hydrogens (tertiary/aromatic N) is 4. The van der Waals surface area contributed by atoms with Crippen LogP contribution in [0.3, 0.4) is 0 Å². The van der Waals surface area contributed by atoms with Gasteiger partial charge in [0, 0.05) is 16.2 Å². The number of benzene rings is 1. The fraction of sp³-hybridized carbons (Fsp3) is 0.188. The van der Waals surface area contributed by atoms with Gasteiger partial charge in [0.05, 0.1) is 6.04 Å². The van der Waals surface area contributed by atoms with Crippen LogP contribution in [0.5, 0.6) is 0 Å². The number of aliphatic imine (C=N–C) groups is 1. The molecule has 3 rings (SSSR count). The molecule has 0 saturated heterocycles. The summed E-state index contributed by atoms with van der Waals surface area (Å²) >= 11 is 12.1. The molecule has 6 nitrogen and oxygen atoms in total. The lowest BCUT2D eigenvalue weighted by molar-refractivity contribution is 0.706. The van der Waals surface area contributed by atoms with Crippen molar-refractivity contribution in [2.75, 3.05) is 0 Å². The first kappa shape index (κ1) is 19.7. The molecule has 132 valence electrons. The fourth-order valence-electron chi connectivity index (χ4n) is 2.35. The van der Waals surface area contributed by atoms with Crippen molar-refractivity contribution in [1.82, 2.24) is 19.9 Å². The van der Waals surface area contributed by atoms with Gasteiger partial charge >= 0.3 is 0 Å². The molecule has 0 fully saturated rings. The standard InChI is InChI=1S/C16H16Cl2N6.HI/c1-10(12-6-5-11(17)8-13(12)18)21-16(19)20-9-15-23-22-14-4-2-3-7-24(14)15;/h2-8,10H,9H2,1H3,(H3,19,20,21);1H. The van der Waals surface area contributed by atoms with E-state index in [4.69, 9.17) is 28.9 Å². The van der Waals surface area contributed by atoms with Gasteiger partial charge in [0.2, 0.25) is 0 Å². The van der Waals surface area contributed by atoms with E-state index in [1.54, 1.807) is 12.1 Å². The minimum absolute atomic E-state index is 0. The number of guanidine groups is 1. The highest BCUT2D eigenvalue weighted by atomic mass is 127. The van der Waals surface area contributed by atoms with Crippen LogP contribution in [0, 0.1) is 0 Å². The summed E-state index contributed by atoms with van der Waals surface area (Å²) in [6.45, 7) is 2.27. The minimum atomic E-state index is -0.103. The maximum absolute atomic E-state index is 6.20. The molecule has 3 N–H and O–H groups in total. The van der Waals surface area contributed by atoms with Gasteiger partial charge in [-0.05, 0) is 36.8 Å². The predicted octanol–water partition coefficient (Wildman–Crippen LogP) is 3.82. The summed E-state index contributed by atoms with van der Waals surface area (Å²) in [4.78, 5) is 4.32. The van der Waals surface area contributed by atoms with Gasteiger partial charge < -0.3 is 11.1 Å². The second-order valence-corrected chi connectivity index (χ2v) is 6.12. The maximum atomic E-state index is 6.20. The Kier molecular flexibility index (Phi) is 6.86. The molecule has 9 heteroatoms. The zero-order valence-corrected chi connectivity index (χ0v) is 17.2. The molecule has 0 saturated carbocycles. The summed E-state index contributed by atoms with van der Waals surface area (Å²) in [6, 6.07) is 10.9. The van der Waals surface area contributed by atoms with Gasteiger partial charge in [-0.25, -0.2) is 4.99 Å². The molecule has 0 aliphatic carbocycles. The zero-order valence-electron chi connectivity index (χ0n) is 13.4. The van der Waals surface area contributed by atoms with E-state index in [0.717, 1.165) is 11.2 Å². The largest absolute Gasteiger partial charge is 0.370 e. The van der Waals surface area contributed by atoms with Crippen molar-refractivity contribution < 1.29 is 0 Å². The SMILES string of the molecule is CC(NC(N)=NCc1nnc2ccccn12)c1ccc(Cl)cc1Cl.I. The average molecular weight is 491 g/mol. The van der Waals surface area contributed by atoms with Gasteiger partial charge in [0.15, 0.2) is 17.4 Å². The molecule has 3 aromatic rings. The Morgan fingerprint density at radius 1 is 1.28 bits per heavy atom. The van der Waals surface area contributed by atoms with Crippen LogP contribution in [0.4, 0.5) is 0 Å². The van der Waals surface area contributed by atoms with Crippen molar-refractivity contribution in [3.63, 3.8) is 0 Å². The Bertz CT molecular complexity index is 895. The molecule has 2 aromatic heterocycles. The van der Waals surface area contributed by atoms with Crippen LogP contribution >= 0.6 is 47.2 Å². The first-order chi connectivity index (χ1) is 11.5. The summed E-state index contributed by atoms with van der Waals surface area (Å²) in [5.74, 6) is 1.02. The average Bonchev–Trinajstić information content (AvgIpc) is 2.96. The second-order valence-electron chi connectivity index (χ2n) is 5.28. The van der Waals surface area contributed by atoms with Crippen molar-refractivity contribution in [3.8, 4) is 0 Å². The number of hydrogen-bond donors (Lipinski definition) is 2. The molecule has 25 heavy (non-hydrogen) atoms. The molecule has 0 radical (unpaired) electrons. The minimum Gasteiger partial charge on any atom is -0.370 e. The van der Waals surface area contributed by atoms with Crippen LogP contribution in [-0.4, -0.2) is 20.6 Å². The third-order valence-electron chi connectivity index (χ3n) is 3.57. The summed E-state index contributed by atoms with van der Waals surface area (Å²) in [5, 5.41) is 12.5. The molecule has 1 atom stereocenters. The van der Waals surface area contributed by atoms with Crippen LogP contribution in [0.15, 0.2) is 47.6 Å². The Morgan fingerprint density at radius 3 is 2.84 bits per heavy atom. The number of hydrogen-bond acceptors (Lipinski definition) is 3. The quantitative estimate of drug-likeness (QED) is 0.331. The number of rotatable bonds is 4. The van der Waals surface area contributed by atoms with Crippen LogP contribution in [0.1, 0.15) is 24.4 Å². The van der Waals surface area contributed by atoms with Gasteiger partial charge in [-0.1, -0.05) is 35.3 Å². The van der Waals surface area contributed by atoms with Crippen LogP contribution < -0.4 is 11.1 Å². The van der Waals surface area contributed by atoms with Crippen LogP contribution in [0.25, 0.3) is 5.65 Å². The molecule has 1 unspecified atom stereocenters. The van der Waals surface area contributed by atoms with E-state index in [-0.39, 0.29) is 30.0 Å². The van der Waals surface area contributed by atoms with Crippen molar-refractivity contribution >= 4 is 58.8 Å². The summed E-state index contributed by atoms with van der Waals surface area (Å²) in [6.07, 6.45) is 1.89. The normalized spacial score (nSPS) is 12.7. The number of nitrogens with two attached hydrogens (primary N) is 1. The Hall–Kier alpha value is -1.58. The van der Waals surface area contributed by atoms with E-state index in [1.807, 2.05) is 41.8 Å². The lowest BCUT2D eigenvalue weighted by atomic mass is 10.1. The molecule has 1 aromatic carbocycles. The van der Waals surface area contributed by atoms with Crippen molar-refractivity contribution in [3.05, 3.63) is 64.0 Å². The fourth-order valence-corrected chi connectivity index (χ4v) is 2.92. The molecule has 0 aliphatic rings. The van der Waals surface area contributed by atoms with Crippen LogP contribution in [-0.2, 0) is 6.54 Å². The number of pyridine rings is 1. The first-order valence-electron chi connectivity index (χ1n) is 7.34. The monoisotopic (exact) mass is 490 g/mol. The Balaban J connectivity index is 0.00000225. The van der Waals surface area contributed by atoms with Crippen LogP contribution in [0.2, 0.25) is 10.0 Å². The maximum Gasteiger partial charge on any atom is 0.189 e.